The fourth-order valence-electron chi connectivity index (χ4n) is 2.69. The molecule has 1 saturated heterocycles. The van der Waals surface area contributed by atoms with Gasteiger partial charge < -0.3 is 9.64 Å². The van der Waals surface area contributed by atoms with Crippen LogP contribution in [0.5, 0.6) is 0 Å². The number of hydrogen-bond acceptors (Lipinski definition) is 3. The lowest BCUT2D eigenvalue weighted by Crippen LogP contribution is -2.35. The second-order valence-corrected chi connectivity index (χ2v) is 5.30. The number of carbonyl (C=O) groups is 1. The fraction of sp³-hybridized carbons (Fsp3) is 0.562. The molecule has 1 aromatic carbocycles. The summed E-state index contributed by atoms with van der Waals surface area (Å²) >= 11 is 0. The van der Waals surface area contributed by atoms with E-state index in [1.54, 1.807) is 7.11 Å². The SMILES string of the molecule is COCCCN1C(=O)C(CCc2ccccc2)NC1C. The lowest BCUT2D eigenvalue weighted by molar-refractivity contribution is -0.130. The van der Waals surface area contributed by atoms with Gasteiger partial charge in [-0.15, -0.1) is 0 Å². The first kappa shape index (κ1) is 15.0. The summed E-state index contributed by atoms with van der Waals surface area (Å²) < 4.78 is 5.05. The van der Waals surface area contributed by atoms with Gasteiger partial charge in [-0.05, 0) is 31.7 Å². The fourth-order valence-corrected chi connectivity index (χ4v) is 2.69. The number of hydrogen-bond donors (Lipinski definition) is 1. The molecular formula is C16H24N2O2. The van der Waals surface area contributed by atoms with E-state index >= 15 is 0 Å². The van der Waals surface area contributed by atoms with Gasteiger partial charge in [0.05, 0.1) is 12.2 Å². The van der Waals surface area contributed by atoms with Gasteiger partial charge in [-0.2, -0.15) is 0 Å². The highest BCUT2D eigenvalue weighted by Gasteiger charge is 2.35. The lowest BCUT2D eigenvalue weighted by Gasteiger charge is -2.20. The minimum Gasteiger partial charge on any atom is -0.385 e. The van der Waals surface area contributed by atoms with Crippen LogP contribution in [0, 0.1) is 0 Å². The molecule has 0 spiro atoms. The molecule has 1 aromatic rings. The van der Waals surface area contributed by atoms with Crippen LogP contribution in [-0.4, -0.2) is 43.3 Å². The molecule has 2 unspecified atom stereocenters. The Morgan fingerprint density at radius 3 is 2.75 bits per heavy atom. The molecule has 1 fully saturated rings. The van der Waals surface area contributed by atoms with Crippen LogP contribution < -0.4 is 5.32 Å². The van der Waals surface area contributed by atoms with Gasteiger partial charge in [-0.3, -0.25) is 10.1 Å². The molecule has 2 rings (SSSR count). The molecule has 20 heavy (non-hydrogen) atoms. The van der Waals surface area contributed by atoms with E-state index in [1.165, 1.54) is 5.56 Å². The van der Waals surface area contributed by atoms with Gasteiger partial charge in [0.2, 0.25) is 5.91 Å². The van der Waals surface area contributed by atoms with Crippen LogP contribution in [0.15, 0.2) is 30.3 Å². The highest BCUT2D eigenvalue weighted by atomic mass is 16.5. The van der Waals surface area contributed by atoms with Crippen molar-refractivity contribution in [2.75, 3.05) is 20.3 Å². The molecule has 2 atom stereocenters. The molecule has 0 radical (unpaired) electrons. The van der Waals surface area contributed by atoms with Gasteiger partial charge in [-0.25, -0.2) is 0 Å². The van der Waals surface area contributed by atoms with Gasteiger partial charge in [0.1, 0.15) is 0 Å². The minimum absolute atomic E-state index is 0.0484. The van der Waals surface area contributed by atoms with Crippen molar-refractivity contribution in [1.29, 1.82) is 0 Å². The Labute approximate surface area is 121 Å². The maximum Gasteiger partial charge on any atom is 0.241 e. The summed E-state index contributed by atoms with van der Waals surface area (Å²) in [5.74, 6) is 0.226. The van der Waals surface area contributed by atoms with Crippen LogP contribution in [-0.2, 0) is 16.0 Å². The van der Waals surface area contributed by atoms with E-state index in [2.05, 4.69) is 17.4 Å². The average Bonchev–Trinajstić information content (AvgIpc) is 2.74. The Morgan fingerprint density at radius 1 is 1.30 bits per heavy atom. The van der Waals surface area contributed by atoms with Gasteiger partial charge >= 0.3 is 0 Å². The predicted molar refractivity (Wildman–Crippen MR) is 79.4 cm³/mol. The normalized spacial score (nSPS) is 22.5. The molecule has 1 heterocycles. The smallest absolute Gasteiger partial charge is 0.241 e. The Morgan fingerprint density at radius 2 is 2.05 bits per heavy atom. The van der Waals surface area contributed by atoms with Crippen molar-refractivity contribution in [3.8, 4) is 0 Å². The van der Waals surface area contributed by atoms with Crippen LogP contribution >= 0.6 is 0 Å². The van der Waals surface area contributed by atoms with Crippen molar-refractivity contribution in [2.24, 2.45) is 0 Å². The van der Waals surface area contributed by atoms with Gasteiger partial charge in [0, 0.05) is 20.3 Å². The second kappa shape index (κ2) is 7.41. The predicted octanol–water partition coefficient (Wildman–Crippen LogP) is 1.80. The number of methoxy groups -OCH3 is 1. The third kappa shape index (κ3) is 3.81. The topological polar surface area (TPSA) is 41.6 Å². The lowest BCUT2D eigenvalue weighted by atomic mass is 10.1. The number of aryl methyl sites for hydroxylation is 1. The van der Waals surface area contributed by atoms with E-state index in [9.17, 15) is 4.79 Å². The first-order chi connectivity index (χ1) is 9.72. The van der Waals surface area contributed by atoms with E-state index in [0.717, 1.165) is 25.8 Å². The third-order valence-electron chi connectivity index (χ3n) is 3.80. The Hall–Kier alpha value is -1.39. The van der Waals surface area contributed by atoms with Crippen LogP contribution in [0.25, 0.3) is 0 Å². The molecule has 110 valence electrons. The van der Waals surface area contributed by atoms with Crippen molar-refractivity contribution >= 4 is 5.91 Å². The molecule has 0 aliphatic carbocycles. The maximum absolute atomic E-state index is 12.4. The third-order valence-corrected chi connectivity index (χ3v) is 3.80. The van der Waals surface area contributed by atoms with E-state index in [1.807, 2.05) is 30.0 Å². The van der Waals surface area contributed by atoms with Crippen LogP contribution in [0.2, 0.25) is 0 Å². The Balaban J connectivity index is 1.83. The van der Waals surface area contributed by atoms with Gasteiger partial charge in [-0.1, -0.05) is 30.3 Å². The molecule has 1 aliphatic heterocycles. The molecular weight excluding hydrogens is 252 g/mol. The average molecular weight is 276 g/mol. The molecule has 1 aliphatic rings. The maximum atomic E-state index is 12.4. The summed E-state index contributed by atoms with van der Waals surface area (Å²) in [7, 11) is 1.69. The van der Waals surface area contributed by atoms with E-state index in [-0.39, 0.29) is 18.1 Å². The monoisotopic (exact) mass is 276 g/mol. The molecule has 1 N–H and O–H groups in total. The van der Waals surface area contributed by atoms with Crippen molar-refractivity contribution < 1.29 is 9.53 Å². The van der Waals surface area contributed by atoms with Crippen LogP contribution in [0.4, 0.5) is 0 Å². The van der Waals surface area contributed by atoms with Gasteiger partial charge in [0.15, 0.2) is 0 Å². The number of carbonyl (C=O) groups excluding carboxylic acids is 1. The number of nitrogens with zero attached hydrogens (tertiary/aromatic N) is 1. The number of nitrogens with one attached hydrogen (secondary N) is 1. The van der Waals surface area contributed by atoms with E-state index in [4.69, 9.17) is 4.74 Å². The highest BCUT2D eigenvalue weighted by Crippen LogP contribution is 2.15. The quantitative estimate of drug-likeness (QED) is 0.772. The van der Waals surface area contributed by atoms with Crippen LogP contribution in [0.1, 0.15) is 25.3 Å². The number of amides is 1. The number of benzene rings is 1. The summed E-state index contributed by atoms with van der Waals surface area (Å²) in [4.78, 5) is 14.3. The first-order valence-electron chi connectivity index (χ1n) is 7.31. The summed E-state index contributed by atoms with van der Waals surface area (Å²) in [6.07, 6.45) is 2.80. The zero-order valence-corrected chi connectivity index (χ0v) is 12.3. The van der Waals surface area contributed by atoms with Crippen molar-refractivity contribution in [3.63, 3.8) is 0 Å². The zero-order chi connectivity index (χ0) is 14.4. The van der Waals surface area contributed by atoms with E-state index in [0.29, 0.717) is 6.61 Å². The van der Waals surface area contributed by atoms with Crippen molar-refractivity contribution in [1.82, 2.24) is 10.2 Å². The zero-order valence-electron chi connectivity index (χ0n) is 12.3. The Bertz CT molecular complexity index is 422. The van der Waals surface area contributed by atoms with Crippen molar-refractivity contribution in [2.45, 2.75) is 38.4 Å². The number of rotatable bonds is 7. The molecule has 0 aromatic heterocycles. The van der Waals surface area contributed by atoms with E-state index < -0.39 is 0 Å². The summed E-state index contributed by atoms with van der Waals surface area (Å²) in [5.41, 5.74) is 1.28. The first-order valence-corrected chi connectivity index (χ1v) is 7.31. The molecule has 0 bridgehead atoms. The van der Waals surface area contributed by atoms with Gasteiger partial charge in [0.25, 0.3) is 0 Å². The number of ether oxygens (including phenoxy) is 1. The summed E-state index contributed by atoms with van der Waals surface area (Å²) in [6.45, 7) is 3.51. The molecule has 4 nitrogen and oxygen atoms in total. The molecule has 0 saturated carbocycles. The molecule has 4 heteroatoms. The summed E-state index contributed by atoms with van der Waals surface area (Å²) in [5, 5.41) is 3.39. The standard InChI is InChI=1S/C16H24N2O2/c1-13-17-15(10-9-14-7-4-3-5-8-14)16(19)18(13)11-6-12-20-2/h3-5,7-8,13,15,17H,6,9-12H2,1-2H3. The highest BCUT2D eigenvalue weighted by molar-refractivity contribution is 5.84. The molecule has 1 amide bonds. The minimum atomic E-state index is -0.0484. The largest absolute Gasteiger partial charge is 0.385 e. The van der Waals surface area contributed by atoms with Crippen molar-refractivity contribution in [3.05, 3.63) is 35.9 Å². The Kier molecular flexibility index (Phi) is 5.56. The van der Waals surface area contributed by atoms with Crippen LogP contribution in [0.3, 0.4) is 0 Å². The summed E-state index contributed by atoms with van der Waals surface area (Å²) in [6, 6.07) is 10.3. The second-order valence-electron chi connectivity index (χ2n) is 5.30.